The molecule has 2 aromatic rings. The maximum Gasteiger partial charge on any atom is 0.288 e. The molecule has 172 valence electrons. The summed E-state index contributed by atoms with van der Waals surface area (Å²) in [5.74, 6) is 0.459. The number of hydrogen-bond acceptors (Lipinski definition) is 6. The van der Waals surface area contributed by atoms with Gasteiger partial charge in [-0.1, -0.05) is 32.4 Å². The Hall–Kier alpha value is -2.45. The Kier molecular flexibility index (Phi) is 5.79. The lowest BCUT2D eigenvalue weighted by atomic mass is 9.44. The predicted octanol–water partition coefficient (Wildman–Crippen LogP) is 2.97. The lowest BCUT2D eigenvalue weighted by Crippen LogP contribution is -2.65. The van der Waals surface area contributed by atoms with Gasteiger partial charge in [0, 0.05) is 18.3 Å². The van der Waals surface area contributed by atoms with Crippen LogP contribution in [-0.4, -0.2) is 31.5 Å². The number of fused-ring (bicyclic) bond motifs is 2. The first kappa shape index (κ1) is 22.7. The third-order valence-corrected chi connectivity index (χ3v) is 8.04. The van der Waals surface area contributed by atoms with E-state index in [2.05, 4.69) is 34.6 Å². The Balaban J connectivity index is 1.45. The lowest BCUT2D eigenvalue weighted by Gasteiger charge is -2.64. The molecule has 3 saturated carbocycles. The molecule has 3 aliphatic carbocycles. The number of anilines is 1. The zero-order chi connectivity index (χ0) is 23.3. The van der Waals surface area contributed by atoms with E-state index in [0.29, 0.717) is 18.3 Å². The van der Waals surface area contributed by atoms with Crippen LogP contribution in [-0.2, 0) is 11.3 Å². The van der Waals surface area contributed by atoms with Crippen LogP contribution in [0.1, 0.15) is 52.1 Å². The van der Waals surface area contributed by atoms with E-state index in [1.165, 1.54) is 6.20 Å². The monoisotopic (exact) mass is 459 g/mol. The topological polar surface area (TPSA) is 109 Å². The number of hydrogen-bond donors (Lipinski definition) is 3. The van der Waals surface area contributed by atoms with Crippen LogP contribution in [0.2, 0.25) is 5.02 Å². The fraction of sp³-hybridized carbons (Fsp3) is 0.565. The Labute approximate surface area is 192 Å². The van der Waals surface area contributed by atoms with E-state index in [1.54, 1.807) is 12.4 Å². The molecule has 0 radical (unpaired) electrons. The van der Waals surface area contributed by atoms with Crippen LogP contribution < -0.4 is 16.2 Å². The smallest absolute Gasteiger partial charge is 0.288 e. The van der Waals surface area contributed by atoms with E-state index in [-0.39, 0.29) is 40.5 Å². The molecule has 3 aliphatic rings. The summed E-state index contributed by atoms with van der Waals surface area (Å²) in [7, 11) is 0. The van der Waals surface area contributed by atoms with E-state index >= 15 is 0 Å². The normalized spacial score (nSPS) is 29.0. The molecule has 0 saturated heterocycles. The van der Waals surface area contributed by atoms with Crippen LogP contribution in [0, 0.1) is 23.2 Å². The SMILES string of the molecule is CC(NC(=O)Cn1ncc(NC2(O)C[C@@H]3C[C@H]([C@H]2C)C3(C)C)c(Cl)c1=O)c1ccncc1. The van der Waals surface area contributed by atoms with E-state index < -0.39 is 11.3 Å². The number of halogens is 1. The van der Waals surface area contributed by atoms with Crippen LogP contribution in [0.15, 0.2) is 35.5 Å². The van der Waals surface area contributed by atoms with Crippen molar-refractivity contribution in [1.82, 2.24) is 20.1 Å². The van der Waals surface area contributed by atoms with Gasteiger partial charge in [-0.3, -0.25) is 14.6 Å². The standard InChI is InChI=1S/C23H30ClN5O3/c1-13-17-9-16(22(17,3)4)10-23(13,32)28-18-11-26-29(21(31)20(18)24)12-19(30)27-14(2)15-5-7-25-8-6-15/h5-8,11,13-14,16-17,28,32H,9-10,12H2,1-4H3,(H,27,30)/t13-,14?,16+,17-,23?/m1/s1. The van der Waals surface area contributed by atoms with Gasteiger partial charge in [0.1, 0.15) is 17.3 Å². The molecule has 0 spiro atoms. The number of amides is 1. The number of nitrogens with zero attached hydrogens (tertiary/aromatic N) is 3. The summed E-state index contributed by atoms with van der Waals surface area (Å²) in [5, 5.41) is 21.2. The largest absolute Gasteiger partial charge is 0.371 e. The predicted molar refractivity (Wildman–Crippen MR) is 122 cm³/mol. The van der Waals surface area contributed by atoms with E-state index in [4.69, 9.17) is 11.6 Å². The first-order valence-electron chi connectivity index (χ1n) is 11.0. The van der Waals surface area contributed by atoms with Crippen LogP contribution in [0.3, 0.4) is 0 Å². The van der Waals surface area contributed by atoms with Crippen molar-refractivity contribution < 1.29 is 9.90 Å². The maximum atomic E-state index is 12.7. The van der Waals surface area contributed by atoms with Gasteiger partial charge in [-0.15, -0.1) is 0 Å². The Morgan fingerprint density at radius 2 is 2.06 bits per heavy atom. The van der Waals surface area contributed by atoms with Crippen molar-refractivity contribution in [3.8, 4) is 0 Å². The highest BCUT2D eigenvalue weighted by Gasteiger charge is 2.61. The Morgan fingerprint density at radius 3 is 2.69 bits per heavy atom. The summed E-state index contributed by atoms with van der Waals surface area (Å²) in [5.41, 5.74) is -0.334. The van der Waals surface area contributed by atoms with Gasteiger partial charge >= 0.3 is 0 Å². The number of aromatic nitrogens is 3. The number of carbonyl (C=O) groups is 1. The second-order valence-electron chi connectivity index (χ2n) is 9.81. The van der Waals surface area contributed by atoms with Crippen molar-refractivity contribution >= 4 is 23.2 Å². The summed E-state index contributed by atoms with van der Waals surface area (Å²) in [6, 6.07) is 3.39. The summed E-state index contributed by atoms with van der Waals surface area (Å²) in [4.78, 5) is 29.1. The van der Waals surface area contributed by atoms with Crippen LogP contribution in [0.4, 0.5) is 5.69 Å². The molecule has 0 aromatic carbocycles. The highest BCUT2D eigenvalue weighted by Crippen LogP contribution is 2.63. The van der Waals surface area contributed by atoms with Gasteiger partial charge in [0.25, 0.3) is 5.56 Å². The van der Waals surface area contributed by atoms with E-state index in [9.17, 15) is 14.7 Å². The quantitative estimate of drug-likeness (QED) is 0.573. The van der Waals surface area contributed by atoms with Crippen LogP contribution in [0.5, 0.6) is 0 Å². The molecule has 9 heteroatoms. The summed E-state index contributed by atoms with van der Waals surface area (Å²) in [6.07, 6.45) is 6.41. The highest BCUT2D eigenvalue weighted by molar-refractivity contribution is 6.33. The molecule has 5 atom stereocenters. The average molecular weight is 460 g/mol. The molecule has 2 aromatic heterocycles. The molecule has 2 bridgehead atoms. The molecule has 0 aliphatic heterocycles. The van der Waals surface area contributed by atoms with Crippen molar-refractivity contribution in [3.63, 3.8) is 0 Å². The van der Waals surface area contributed by atoms with Crippen molar-refractivity contribution in [1.29, 1.82) is 0 Å². The second-order valence-corrected chi connectivity index (χ2v) is 10.2. The fourth-order valence-corrected chi connectivity index (χ4v) is 5.56. The third kappa shape index (κ3) is 3.90. The molecule has 5 rings (SSSR count). The number of rotatable bonds is 6. The first-order chi connectivity index (χ1) is 15.0. The van der Waals surface area contributed by atoms with Crippen LogP contribution in [0.25, 0.3) is 0 Å². The van der Waals surface area contributed by atoms with Crippen molar-refractivity contribution in [2.24, 2.45) is 23.2 Å². The zero-order valence-electron chi connectivity index (χ0n) is 18.8. The molecule has 3 fully saturated rings. The molecular formula is C23H30ClN5O3. The Morgan fingerprint density at radius 1 is 1.38 bits per heavy atom. The number of pyridine rings is 1. The maximum absolute atomic E-state index is 12.7. The number of aliphatic hydroxyl groups is 1. The van der Waals surface area contributed by atoms with Crippen LogP contribution >= 0.6 is 11.6 Å². The fourth-order valence-electron chi connectivity index (χ4n) is 5.37. The van der Waals surface area contributed by atoms with Gasteiger partial charge < -0.3 is 15.7 Å². The van der Waals surface area contributed by atoms with E-state index in [1.807, 2.05) is 26.0 Å². The third-order valence-electron chi connectivity index (χ3n) is 7.67. The molecular weight excluding hydrogens is 430 g/mol. The van der Waals surface area contributed by atoms with Crippen molar-refractivity contribution in [3.05, 3.63) is 51.7 Å². The molecule has 32 heavy (non-hydrogen) atoms. The molecule has 3 N–H and O–H groups in total. The van der Waals surface area contributed by atoms with Crippen molar-refractivity contribution in [2.75, 3.05) is 5.32 Å². The van der Waals surface area contributed by atoms with Gasteiger partial charge in [-0.25, -0.2) is 4.68 Å². The van der Waals surface area contributed by atoms with Gasteiger partial charge in [0.2, 0.25) is 5.91 Å². The van der Waals surface area contributed by atoms with E-state index in [0.717, 1.165) is 16.7 Å². The summed E-state index contributed by atoms with van der Waals surface area (Å²) in [6.45, 7) is 8.12. The minimum Gasteiger partial charge on any atom is -0.371 e. The minimum absolute atomic E-state index is 0.00134. The number of carbonyl (C=O) groups excluding carboxylic acids is 1. The molecule has 8 nitrogen and oxygen atoms in total. The zero-order valence-corrected chi connectivity index (χ0v) is 19.6. The number of nitrogens with one attached hydrogen (secondary N) is 2. The minimum atomic E-state index is -1.15. The van der Waals surface area contributed by atoms with Gasteiger partial charge in [0.05, 0.1) is 17.9 Å². The average Bonchev–Trinajstić information content (AvgIpc) is 2.75. The highest BCUT2D eigenvalue weighted by atomic mass is 35.5. The van der Waals surface area contributed by atoms with Gasteiger partial charge in [0.15, 0.2) is 0 Å². The molecule has 2 heterocycles. The lowest BCUT2D eigenvalue weighted by molar-refractivity contribution is -0.194. The molecule has 2 unspecified atom stereocenters. The Bertz CT molecular complexity index is 1070. The first-order valence-corrected chi connectivity index (χ1v) is 11.4. The molecule has 1 amide bonds. The van der Waals surface area contributed by atoms with Gasteiger partial charge in [-0.05, 0) is 54.7 Å². The van der Waals surface area contributed by atoms with Gasteiger partial charge in [-0.2, -0.15) is 5.10 Å². The summed E-state index contributed by atoms with van der Waals surface area (Å²) < 4.78 is 1.02. The van der Waals surface area contributed by atoms with Crippen molar-refractivity contribution in [2.45, 2.75) is 58.8 Å². The second kappa shape index (κ2) is 8.15. The summed E-state index contributed by atoms with van der Waals surface area (Å²) >= 11 is 6.33.